The molecule has 0 aromatic rings. The van der Waals surface area contributed by atoms with Gasteiger partial charge >= 0.3 is 0 Å². The molecule has 0 aromatic heterocycles. The first kappa shape index (κ1) is 16.5. The van der Waals surface area contributed by atoms with Crippen molar-refractivity contribution in [3.05, 3.63) is 0 Å². The minimum atomic E-state index is 0.0785. The molecular formula is C16H32N2O. The van der Waals surface area contributed by atoms with Crippen LogP contribution in [0.3, 0.4) is 0 Å². The third-order valence-electron chi connectivity index (χ3n) is 4.17. The number of hydrogen-bond acceptors (Lipinski definition) is 2. The molecule has 1 aliphatic heterocycles. The fraction of sp³-hybridized carbons (Fsp3) is 0.938. The van der Waals surface area contributed by atoms with Crippen molar-refractivity contribution in [2.45, 2.75) is 60.4 Å². The number of hydrogen-bond donors (Lipinski definition) is 1. The highest BCUT2D eigenvalue weighted by Crippen LogP contribution is 2.29. The summed E-state index contributed by atoms with van der Waals surface area (Å²) in [4.78, 5) is 14.4. The van der Waals surface area contributed by atoms with E-state index in [2.05, 4.69) is 37.9 Å². The molecule has 1 rings (SSSR count). The SMILES string of the molecule is CC(C)CCN1CC[C@H](NC(=O)C(C)C)C(C)(C)C1. The molecule has 1 saturated heterocycles. The van der Waals surface area contributed by atoms with Crippen molar-refractivity contribution in [1.82, 2.24) is 10.2 Å². The van der Waals surface area contributed by atoms with Gasteiger partial charge in [-0.25, -0.2) is 0 Å². The Labute approximate surface area is 119 Å². The van der Waals surface area contributed by atoms with Crippen LogP contribution in [0.15, 0.2) is 0 Å². The summed E-state index contributed by atoms with van der Waals surface area (Å²) in [6.45, 7) is 16.4. The maximum absolute atomic E-state index is 11.9. The molecule has 1 fully saturated rings. The molecule has 1 amide bonds. The van der Waals surface area contributed by atoms with Crippen molar-refractivity contribution >= 4 is 5.91 Å². The van der Waals surface area contributed by atoms with Gasteiger partial charge in [0.2, 0.25) is 5.91 Å². The molecule has 1 atom stereocenters. The molecule has 0 aliphatic carbocycles. The van der Waals surface area contributed by atoms with Crippen molar-refractivity contribution in [2.24, 2.45) is 17.3 Å². The summed E-state index contributed by atoms with van der Waals surface area (Å²) < 4.78 is 0. The second kappa shape index (κ2) is 6.74. The molecule has 0 bridgehead atoms. The van der Waals surface area contributed by atoms with Gasteiger partial charge in [0.25, 0.3) is 0 Å². The van der Waals surface area contributed by atoms with E-state index in [1.54, 1.807) is 0 Å². The van der Waals surface area contributed by atoms with Crippen LogP contribution in [0.25, 0.3) is 0 Å². The molecule has 1 N–H and O–H groups in total. The first-order chi connectivity index (χ1) is 8.72. The van der Waals surface area contributed by atoms with Gasteiger partial charge < -0.3 is 10.2 Å². The monoisotopic (exact) mass is 268 g/mol. The Morgan fingerprint density at radius 2 is 1.95 bits per heavy atom. The standard InChI is InChI=1S/C16H32N2O/c1-12(2)7-9-18-10-8-14(16(5,6)11-18)17-15(19)13(3)4/h12-14H,7-11H2,1-6H3,(H,17,19)/t14-/m0/s1. The fourth-order valence-electron chi connectivity index (χ4n) is 2.71. The molecule has 1 aliphatic rings. The average molecular weight is 268 g/mol. The van der Waals surface area contributed by atoms with Crippen molar-refractivity contribution in [3.8, 4) is 0 Å². The summed E-state index contributed by atoms with van der Waals surface area (Å²) in [5, 5.41) is 3.23. The predicted molar refractivity (Wildman–Crippen MR) is 81.1 cm³/mol. The van der Waals surface area contributed by atoms with Gasteiger partial charge in [-0.15, -0.1) is 0 Å². The Morgan fingerprint density at radius 3 is 2.42 bits per heavy atom. The Hall–Kier alpha value is -0.570. The number of nitrogens with zero attached hydrogens (tertiary/aromatic N) is 1. The summed E-state index contributed by atoms with van der Waals surface area (Å²) in [7, 11) is 0. The van der Waals surface area contributed by atoms with Gasteiger partial charge in [-0.05, 0) is 30.7 Å². The van der Waals surface area contributed by atoms with E-state index in [4.69, 9.17) is 0 Å². The molecule has 0 saturated carbocycles. The molecule has 0 unspecified atom stereocenters. The van der Waals surface area contributed by atoms with Crippen LogP contribution in [-0.4, -0.2) is 36.5 Å². The van der Waals surface area contributed by atoms with Gasteiger partial charge in [-0.1, -0.05) is 41.5 Å². The third-order valence-corrected chi connectivity index (χ3v) is 4.17. The molecule has 0 spiro atoms. The summed E-state index contributed by atoms with van der Waals surface area (Å²) in [6.07, 6.45) is 2.34. The van der Waals surface area contributed by atoms with Crippen LogP contribution in [-0.2, 0) is 4.79 Å². The van der Waals surface area contributed by atoms with E-state index in [1.807, 2.05) is 13.8 Å². The second-order valence-corrected chi connectivity index (χ2v) is 7.45. The van der Waals surface area contributed by atoms with E-state index in [9.17, 15) is 4.79 Å². The summed E-state index contributed by atoms with van der Waals surface area (Å²) >= 11 is 0. The largest absolute Gasteiger partial charge is 0.353 e. The third kappa shape index (κ3) is 5.13. The van der Waals surface area contributed by atoms with Crippen molar-refractivity contribution in [2.75, 3.05) is 19.6 Å². The van der Waals surface area contributed by atoms with Gasteiger partial charge in [-0.2, -0.15) is 0 Å². The summed E-state index contributed by atoms with van der Waals surface area (Å²) in [5.41, 5.74) is 0.166. The lowest BCUT2D eigenvalue weighted by Gasteiger charge is -2.45. The van der Waals surface area contributed by atoms with Crippen LogP contribution in [0, 0.1) is 17.3 Å². The zero-order chi connectivity index (χ0) is 14.6. The predicted octanol–water partition coefficient (Wildman–Crippen LogP) is 2.91. The fourth-order valence-corrected chi connectivity index (χ4v) is 2.71. The maximum Gasteiger partial charge on any atom is 0.222 e. The first-order valence-electron chi connectivity index (χ1n) is 7.75. The summed E-state index contributed by atoms with van der Waals surface area (Å²) in [6, 6.07) is 0.317. The Balaban J connectivity index is 2.50. The summed E-state index contributed by atoms with van der Waals surface area (Å²) in [5.74, 6) is 1.03. The van der Waals surface area contributed by atoms with Crippen LogP contribution in [0.4, 0.5) is 0 Å². The topological polar surface area (TPSA) is 32.3 Å². The van der Waals surface area contributed by atoms with E-state index < -0.39 is 0 Å². The quantitative estimate of drug-likeness (QED) is 0.831. The Bertz CT molecular complexity index is 297. The van der Waals surface area contributed by atoms with Gasteiger partial charge in [0, 0.05) is 25.0 Å². The first-order valence-corrected chi connectivity index (χ1v) is 7.75. The molecule has 0 radical (unpaired) electrons. The van der Waals surface area contributed by atoms with E-state index in [0.717, 1.165) is 25.4 Å². The lowest BCUT2D eigenvalue weighted by molar-refractivity contribution is -0.126. The number of nitrogens with one attached hydrogen (secondary N) is 1. The lowest BCUT2D eigenvalue weighted by Crippen LogP contribution is -2.56. The molecule has 3 nitrogen and oxygen atoms in total. The van der Waals surface area contributed by atoms with E-state index in [0.29, 0.717) is 6.04 Å². The average Bonchev–Trinajstić information content (AvgIpc) is 2.28. The van der Waals surface area contributed by atoms with E-state index >= 15 is 0 Å². The molecule has 0 aromatic carbocycles. The molecule has 19 heavy (non-hydrogen) atoms. The number of carbonyl (C=O) groups excluding carboxylic acids is 1. The number of likely N-dealkylation sites (tertiary alicyclic amines) is 1. The minimum absolute atomic E-state index is 0.0785. The Morgan fingerprint density at radius 1 is 1.32 bits per heavy atom. The van der Waals surface area contributed by atoms with E-state index in [1.165, 1.54) is 13.0 Å². The highest BCUT2D eigenvalue weighted by Gasteiger charge is 2.36. The van der Waals surface area contributed by atoms with Crippen molar-refractivity contribution < 1.29 is 4.79 Å². The number of amides is 1. The highest BCUT2D eigenvalue weighted by atomic mass is 16.1. The molecule has 3 heteroatoms. The van der Waals surface area contributed by atoms with Gasteiger partial charge in [-0.3, -0.25) is 4.79 Å². The zero-order valence-electron chi connectivity index (χ0n) is 13.6. The Kier molecular flexibility index (Phi) is 5.84. The van der Waals surface area contributed by atoms with Crippen LogP contribution < -0.4 is 5.32 Å². The molecule has 1 heterocycles. The van der Waals surface area contributed by atoms with E-state index in [-0.39, 0.29) is 17.2 Å². The van der Waals surface area contributed by atoms with Crippen LogP contribution >= 0.6 is 0 Å². The maximum atomic E-state index is 11.9. The molecule has 112 valence electrons. The normalized spacial score (nSPS) is 23.9. The van der Waals surface area contributed by atoms with Crippen LogP contribution in [0.5, 0.6) is 0 Å². The lowest BCUT2D eigenvalue weighted by atomic mass is 9.78. The smallest absolute Gasteiger partial charge is 0.222 e. The van der Waals surface area contributed by atoms with Crippen LogP contribution in [0.2, 0.25) is 0 Å². The van der Waals surface area contributed by atoms with Crippen molar-refractivity contribution in [1.29, 1.82) is 0 Å². The number of carbonyl (C=O) groups is 1. The number of rotatable bonds is 5. The molecular weight excluding hydrogens is 236 g/mol. The van der Waals surface area contributed by atoms with Gasteiger partial charge in [0.1, 0.15) is 0 Å². The second-order valence-electron chi connectivity index (χ2n) is 7.45. The minimum Gasteiger partial charge on any atom is -0.353 e. The highest BCUT2D eigenvalue weighted by molar-refractivity contribution is 5.78. The van der Waals surface area contributed by atoms with Crippen molar-refractivity contribution in [3.63, 3.8) is 0 Å². The van der Waals surface area contributed by atoms with Gasteiger partial charge in [0.15, 0.2) is 0 Å². The van der Waals surface area contributed by atoms with Gasteiger partial charge in [0.05, 0.1) is 0 Å². The number of piperidine rings is 1. The van der Waals surface area contributed by atoms with Crippen LogP contribution in [0.1, 0.15) is 54.4 Å². The zero-order valence-corrected chi connectivity index (χ0v) is 13.6.